The van der Waals surface area contributed by atoms with Crippen LogP contribution in [-0.2, 0) is 10.8 Å². The first-order chi connectivity index (χ1) is 27.1. The summed E-state index contributed by atoms with van der Waals surface area (Å²) < 4.78 is 2.80. The van der Waals surface area contributed by atoms with E-state index in [2.05, 4.69) is 178 Å². The van der Waals surface area contributed by atoms with Crippen molar-refractivity contribution in [1.82, 2.24) is 0 Å². The Labute approximate surface area is 335 Å². The topological polar surface area (TPSA) is 15.3 Å². The van der Waals surface area contributed by atoms with Crippen molar-refractivity contribution in [3.05, 3.63) is 145 Å². The quantitative estimate of drug-likeness (QED) is 0.181. The molecule has 2 atom stereocenters. The fourth-order valence-corrected chi connectivity index (χ4v) is 11.9. The largest absolute Gasteiger partial charge is 0.355 e. The average Bonchev–Trinajstić information content (AvgIpc) is 3.68. The number of fused-ring (bicyclic) bond motifs is 10. The lowest BCUT2D eigenvalue weighted by molar-refractivity contribution is 0.195. The van der Waals surface area contributed by atoms with Crippen LogP contribution in [0, 0.1) is 0 Å². The van der Waals surface area contributed by atoms with Crippen LogP contribution in [0.1, 0.15) is 71.4 Å². The Balaban J connectivity index is 1.19. The predicted octanol–water partition coefficient (Wildman–Crippen LogP) is 13.0. The predicted molar refractivity (Wildman–Crippen MR) is 245 cm³/mol. The van der Waals surface area contributed by atoms with Gasteiger partial charge in [0.15, 0.2) is 7.28 Å². The Bertz CT molecular complexity index is 2880. The first-order valence-corrected chi connectivity index (χ1v) is 21.3. The first-order valence-electron chi connectivity index (χ1n) is 20.5. The third-order valence-electron chi connectivity index (χ3n) is 13.9. The van der Waals surface area contributed by atoms with Crippen molar-refractivity contribution in [3.8, 4) is 22.3 Å². The molecular weight excluding hydrogens is 695 g/mol. The number of benzene rings is 7. The van der Waals surface area contributed by atoms with Crippen molar-refractivity contribution >= 4 is 83.2 Å². The van der Waals surface area contributed by atoms with Gasteiger partial charge in [-0.15, -0.1) is 11.3 Å². The van der Waals surface area contributed by atoms with Gasteiger partial charge in [0.05, 0.1) is 15.9 Å². The summed E-state index contributed by atoms with van der Waals surface area (Å²) in [5.41, 5.74) is 16.3. The molecule has 1 aromatic heterocycles. The smallest absolute Gasteiger partial charge is 0.198 e. The molecule has 1 N–H and O–H groups in total. The monoisotopic (exact) mass is 742 g/mol. The highest BCUT2D eigenvalue weighted by Crippen LogP contribution is 2.62. The summed E-state index contributed by atoms with van der Waals surface area (Å²) in [6.45, 7) is 12.4. The standard InChI is InChI=1S/C52H47BN2S/c1-50(2,3)36-29-42-47-43(30-36)53-46-40(31-41-38-19-11-12-20-45(38)56-49(41)48(46)55(47)52(5)26-14-13-25-51(42,52)4)39-27-34-17-9-10-18-35(34)28-44(39)54-37-23-21-33(22-24-37)32-15-7-6-8-16-32/h6-12,15-24,27-31,53-54H,13-14,25-26H2,1-5H3. The Morgan fingerprint density at radius 2 is 1.36 bits per heavy atom. The lowest BCUT2D eigenvalue weighted by Gasteiger charge is -2.51. The average molecular weight is 743 g/mol. The molecule has 0 spiro atoms. The fraction of sp³-hybridized carbons (Fsp3) is 0.231. The number of rotatable bonds is 4. The van der Waals surface area contributed by atoms with Gasteiger partial charge in [-0.3, -0.25) is 0 Å². The van der Waals surface area contributed by atoms with E-state index in [9.17, 15) is 0 Å². The summed E-state index contributed by atoms with van der Waals surface area (Å²) >= 11 is 1.99. The van der Waals surface area contributed by atoms with Crippen LogP contribution in [-0.4, -0.2) is 12.8 Å². The zero-order valence-electron chi connectivity index (χ0n) is 33.1. The molecule has 274 valence electrons. The van der Waals surface area contributed by atoms with Crippen LogP contribution in [0.5, 0.6) is 0 Å². The molecule has 0 amide bonds. The third kappa shape index (κ3) is 4.88. The van der Waals surface area contributed by atoms with E-state index in [0.29, 0.717) is 0 Å². The zero-order valence-corrected chi connectivity index (χ0v) is 33.9. The Hall–Kier alpha value is -5.32. The molecule has 2 nitrogen and oxygen atoms in total. The molecule has 3 heterocycles. The number of hydrogen-bond donors (Lipinski definition) is 1. The van der Waals surface area contributed by atoms with Crippen molar-refractivity contribution in [2.75, 3.05) is 10.2 Å². The molecule has 11 rings (SSSR count). The molecule has 2 unspecified atom stereocenters. The van der Waals surface area contributed by atoms with E-state index in [4.69, 9.17) is 0 Å². The van der Waals surface area contributed by atoms with Gasteiger partial charge < -0.3 is 10.2 Å². The summed E-state index contributed by atoms with van der Waals surface area (Å²) in [6.07, 6.45) is 4.98. The molecule has 0 radical (unpaired) electrons. The van der Waals surface area contributed by atoms with E-state index in [-0.39, 0.29) is 16.4 Å². The maximum Gasteiger partial charge on any atom is 0.198 e. The third-order valence-corrected chi connectivity index (χ3v) is 15.1. The zero-order chi connectivity index (χ0) is 38.0. The minimum atomic E-state index is -0.0271. The molecule has 56 heavy (non-hydrogen) atoms. The van der Waals surface area contributed by atoms with Gasteiger partial charge in [-0.05, 0) is 106 Å². The van der Waals surface area contributed by atoms with Crippen LogP contribution in [0.25, 0.3) is 53.2 Å². The minimum Gasteiger partial charge on any atom is -0.355 e. The summed E-state index contributed by atoms with van der Waals surface area (Å²) in [5.74, 6) is 0. The van der Waals surface area contributed by atoms with Crippen LogP contribution >= 0.6 is 11.3 Å². The molecule has 3 aliphatic rings. The van der Waals surface area contributed by atoms with E-state index >= 15 is 0 Å². The highest BCUT2D eigenvalue weighted by molar-refractivity contribution is 7.26. The SMILES string of the molecule is CC(C)(C)c1cc2c3c(c1)C1(C)CCCCC1(C)N3c1c(c(-c3cc4ccccc4cc3Nc3ccc(-c4ccccc4)cc3)cc3c1sc1ccccc13)B2. The highest BCUT2D eigenvalue weighted by Gasteiger charge is 2.60. The minimum absolute atomic E-state index is 0.0271. The molecule has 0 saturated heterocycles. The second kappa shape index (κ2) is 12.1. The van der Waals surface area contributed by atoms with E-state index in [1.807, 2.05) is 11.3 Å². The summed E-state index contributed by atoms with van der Waals surface area (Å²) in [4.78, 5) is 2.90. The first kappa shape index (κ1) is 34.0. The summed E-state index contributed by atoms with van der Waals surface area (Å²) in [7, 11) is 0.918. The van der Waals surface area contributed by atoms with Crippen molar-refractivity contribution in [2.24, 2.45) is 0 Å². The Morgan fingerprint density at radius 1 is 0.661 bits per heavy atom. The number of nitrogens with one attached hydrogen (secondary N) is 1. The summed E-state index contributed by atoms with van der Waals surface area (Å²) in [6, 6.07) is 50.1. The molecule has 2 aliphatic heterocycles. The van der Waals surface area contributed by atoms with Gasteiger partial charge >= 0.3 is 0 Å². The molecule has 1 saturated carbocycles. The number of anilines is 4. The van der Waals surface area contributed by atoms with Gasteiger partial charge in [-0.1, -0.05) is 143 Å². The van der Waals surface area contributed by atoms with E-state index in [1.54, 1.807) is 5.56 Å². The molecule has 8 aromatic rings. The second-order valence-corrected chi connectivity index (χ2v) is 19.2. The second-order valence-electron chi connectivity index (χ2n) is 18.1. The van der Waals surface area contributed by atoms with Crippen LogP contribution in [0.4, 0.5) is 22.7 Å². The van der Waals surface area contributed by atoms with Gasteiger partial charge in [0.25, 0.3) is 0 Å². The maximum absolute atomic E-state index is 3.96. The van der Waals surface area contributed by atoms with Gasteiger partial charge in [-0.2, -0.15) is 0 Å². The van der Waals surface area contributed by atoms with Crippen LogP contribution in [0.2, 0.25) is 0 Å². The van der Waals surface area contributed by atoms with E-state index in [1.165, 1.54) is 107 Å². The molecule has 4 heteroatoms. The highest BCUT2D eigenvalue weighted by atomic mass is 32.1. The summed E-state index contributed by atoms with van der Waals surface area (Å²) in [5, 5.41) is 9.19. The molecule has 1 aliphatic carbocycles. The molecular formula is C52H47BN2S. The Kier molecular flexibility index (Phi) is 7.34. The number of nitrogens with zero attached hydrogens (tertiary/aromatic N) is 1. The van der Waals surface area contributed by atoms with E-state index < -0.39 is 0 Å². The van der Waals surface area contributed by atoms with Crippen molar-refractivity contribution < 1.29 is 0 Å². The lowest BCUT2D eigenvalue weighted by Crippen LogP contribution is -2.57. The fourth-order valence-electron chi connectivity index (χ4n) is 10.7. The van der Waals surface area contributed by atoms with Gasteiger partial charge in [0.1, 0.15) is 0 Å². The van der Waals surface area contributed by atoms with Crippen LogP contribution in [0.15, 0.2) is 133 Å². The molecule has 7 aromatic carbocycles. The van der Waals surface area contributed by atoms with Crippen LogP contribution in [0.3, 0.4) is 0 Å². The van der Waals surface area contributed by atoms with Crippen molar-refractivity contribution in [2.45, 2.75) is 76.7 Å². The normalized spacial score (nSPS) is 19.8. The number of hydrogen-bond acceptors (Lipinski definition) is 3. The van der Waals surface area contributed by atoms with E-state index in [0.717, 1.165) is 18.7 Å². The van der Waals surface area contributed by atoms with Gasteiger partial charge in [0, 0.05) is 43.5 Å². The Morgan fingerprint density at radius 3 is 2.14 bits per heavy atom. The van der Waals surface area contributed by atoms with Crippen molar-refractivity contribution in [3.63, 3.8) is 0 Å². The molecule has 1 fully saturated rings. The van der Waals surface area contributed by atoms with Crippen molar-refractivity contribution in [1.29, 1.82) is 0 Å². The van der Waals surface area contributed by atoms with Gasteiger partial charge in [-0.25, -0.2) is 0 Å². The van der Waals surface area contributed by atoms with Crippen LogP contribution < -0.4 is 21.1 Å². The lowest BCUT2D eigenvalue weighted by atomic mass is 9.57. The number of thiophene rings is 1. The maximum atomic E-state index is 3.96. The van der Waals surface area contributed by atoms with Gasteiger partial charge in [0.2, 0.25) is 0 Å². The molecule has 0 bridgehead atoms.